The molecule has 0 radical (unpaired) electrons. The van der Waals surface area contributed by atoms with Gasteiger partial charge in [0.15, 0.2) is 5.65 Å². The number of carbonyl (C=O) groups is 2. The van der Waals surface area contributed by atoms with E-state index in [1.807, 2.05) is 0 Å². The van der Waals surface area contributed by atoms with Crippen molar-refractivity contribution < 1.29 is 31.5 Å². The SMILES string of the molecule is NC(=O)c1ncnn1[C@H](c1cn2ncc([C@H](NC(=O)CCC(F)(F)F)C3CC3)cc2n1)C1CCC(F)(F)CC1. The molecule has 0 bridgehead atoms. The Morgan fingerprint density at radius 2 is 1.85 bits per heavy atom. The number of hydrogen-bond donors (Lipinski definition) is 2. The van der Waals surface area contributed by atoms with Crippen molar-refractivity contribution >= 4 is 17.5 Å². The summed E-state index contributed by atoms with van der Waals surface area (Å²) in [7, 11) is 0. The van der Waals surface area contributed by atoms with Crippen LogP contribution >= 0.6 is 0 Å². The lowest BCUT2D eigenvalue weighted by Gasteiger charge is -2.33. The summed E-state index contributed by atoms with van der Waals surface area (Å²) >= 11 is 0. The van der Waals surface area contributed by atoms with Crippen LogP contribution in [0.25, 0.3) is 5.65 Å². The molecule has 0 aliphatic heterocycles. The molecular weight excluding hydrogens is 527 g/mol. The molecule has 210 valence electrons. The van der Waals surface area contributed by atoms with Crippen LogP contribution in [0.5, 0.6) is 0 Å². The molecule has 10 nitrogen and oxygen atoms in total. The second-order valence-electron chi connectivity index (χ2n) is 10.3. The minimum Gasteiger partial charge on any atom is -0.363 e. The summed E-state index contributed by atoms with van der Waals surface area (Å²) in [5.74, 6) is -4.68. The van der Waals surface area contributed by atoms with Gasteiger partial charge in [-0.3, -0.25) is 9.59 Å². The van der Waals surface area contributed by atoms with Crippen LogP contribution in [0.1, 0.15) is 85.3 Å². The molecule has 2 saturated carbocycles. The van der Waals surface area contributed by atoms with E-state index in [1.165, 1.54) is 21.7 Å². The Balaban J connectivity index is 1.44. The van der Waals surface area contributed by atoms with Gasteiger partial charge in [-0.1, -0.05) is 0 Å². The largest absolute Gasteiger partial charge is 0.389 e. The molecule has 39 heavy (non-hydrogen) atoms. The molecule has 0 aromatic carbocycles. The zero-order chi connectivity index (χ0) is 27.9. The van der Waals surface area contributed by atoms with Crippen molar-refractivity contribution in [3.8, 4) is 0 Å². The molecule has 0 saturated heterocycles. The number of carbonyl (C=O) groups excluding carboxylic acids is 2. The average Bonchev–Trinajstić information content (AvgIpc) is 3.43. The molecule has 0 spiro atoms. The van der Waals surface area contributed by atoms with E-state index in [0.29, 0.717) is 16.9 Å². The topological polar surface area (TPSA) is 133 Å². The van der Waals surface area contributed by atoms with Gasteiger partial charge in [-0.05, 0) is 49.1 Å². The number of halogens is 5. The fraction of sp³-hybridized carbons (Fsp3) is 0.583. The third-order valence-electron chi connectivity index (χ3n) is 7.33. The van der Waals surface area contributed by atoms with E-state index < -0.39 is 48.8 Å². The number of nitrogens with one attached hydrogen (secondary N) is 1. The van der Waals surface area contributed by atoms with Crippen molar-refractivity contribution in [1.29, 1.82) is 0 Å². The zero-order valence-electron chi connectivity index (χ0n) is 20.7. The Bertz CT molecular complexity index is 1360. The molecule has 2 amide bonds. The fourth-order valence-corrected chi connectivity index (χ4v) is 5.20. The number of hydrogen-bond acceptors (Lipinski definition) is 6. The maximum Gasteiger partial charge on any atom is 0.389 e. The Labute approximate surface area is 219 Å². The molecule has 0 unspecified atom stereocenters. The molecule has 3 aromatic rings. The van der Waals surface area contributed by atoms with Gasteiger partial charge in [0.2, 0.25) is 17.7 Å². The number of primary amides is 1. The van der Waals surface area contributed by atoms with Crippen LogP contribution in [-0.2, 0) is 4.79 Å². The quantitative estimate of drug-likeness (QED) is 0.387. The predicted molar refractivity (Wildman–Crippen MR) is 125 cm³/mol. The lowest BCUT2D eigenvalue weighted by molar-refractivity contribution is -0.144. The lowest BCUT2D eigenvalue weighted by Crippen LogP contribution is -2.33. The summed E-state index contributed by atoms with van der Waals surface area (Å²) < 4.78 is 68.3. The van der Waals surface area contributed by atoms with Gasteiger partial charge in [-0.2, -0.15) is 23.4 Å². The highest BCUT2D eigenvalue weighted by molar-refractivity contribution is 5.89. The number of fused-ring (bicyclic) bond motifs is 1. The standard InChI is InChI=1S/C24H27F5N8O2/c25-23(26)6-3-14(4-7-23)20(37-22(21(30)39)31-12-33-37)16-11-36-17(34-16)9-15(10-32-36)19(13-1-2-13)35-18(38)5-8-24(27,28)29/h9-14,19-20H,1-8H2,(H2,30,39)(H,35,38)/t19-,20+/m1/s1. The Morgan fingerprint density at radius 1 is 1.13 bits per heavy atom. The van der Waals surface area contributed by atoms with Crippen LogP contribution in [0.4, 0.5) is 22.0 Å². The number of aromatic nitrogens is 6. The van der Waals surface area contributed by atoms with E-state index in [-0.39, 0.29) is 43.3 Å². The van der Waals surface area contributed by atoms with Crippen LogP contribution in [-0.4, -0.2) is 53.3 Å². The molecule has 2 aliphatic rings. The summed E-state index contributed by atoms with van der Waals surface area (Å²) in [6.45, 7) is 0. The summed E-state index contributed by atoms with van der Waals surface area (Å²) in [6, 6.07) is 0.459. The first kappa shape index (κ1) is 26.9. The summed E-state index contributed by atoms with van der Waals surface area (Å²) in [6.07, 6.45) is -0.699. The monoisotopic (exact) mass is 554 g/mol. The molecule has 15 heteroatoms. The average molecular weight is 555 g/mol. The highest BCUT2D eigenvalue weighted by Crippen LogP contribution is 2.43. The van der Waals surface area contributed by atoms with Crippen molar-refractivity contribution in [3.63, 3.8) is 0 Å². The zero-order valence-corrected chi connectivity index (χ0v) is 20.7. The highest BCUT2D eigenvalue weighted by Gasteiger charge is 2.41. The van der Waals surface area contributed by atoms with E-state index >= 15 is 0 Å². The lowest BCUT2D eigenvalue weighted by atomic mass is 9.81. The van der Waals surface area contributed by atoms with E-state index in [1.54, 1.807) is 12.3 Å². The first-order valence-electron chi connectivity index (χ1n) is 12.7. The van der Waals surface area contributed by atoms with E-state index in [2.05, 4.69) is 25.5 Å². The Kier molecular flexibility index (Phi) is 7.01. The number of alkyl halides is 5. The number of nitrogens with zero attached hydrogens (tertiary/aromatic N) is 6. The summed E-state index contributed by atoms with van der Waals surface area (Å²) in [5, 5.41) is 11.2. The maximum absolute atomic E-state index is 13.9. The third kappa shape index (κ3) is 6.17. The van der Waals surface area contributed by atoms with Crippen molar-refractivity contribution in [3.05, 3.63) is 41.9 Å². The van der Waals surface area contributed by atoms with Gasteiger partial charge in [0.25, 0.3) is 5.91 Å². The van der Waals surface area contributed by atoms with Gasteiger partial charge in [-0.25, -0.2) is 27.9 Å². The van der Waals surface area contributed by atoms with Gasteiger partial charge in [0.05, 0.1) is 30.6 Å². The molecule has 2 fully saturated rings. The second kappa shape index (κ2) is 10.2. The van der Waals surface area contributed by atoms with Gasteiger partial charge in [0.1, 0.15) is 12.4 Å². The van der Waals surface area contributed by atoms with Gasteiger partial charge in [-0.15, -0.1) is 0 Å². The van der Waals surface area contributed by atoms with Gasteiger partial charge >= 0.3 is 6.18 Å². The second-order valence-corrected chi connectivity index (χ2v) is 10.3. The van der Waals surface area contributed by atoms with Gasteiger partial charge < -0.3 is 11.1 Å². The highest BCUT2D eigenvalue weighted by atomic mass is 19.4. The molecule has 2 aliphatic carbocycles. The van der Waals surface area contributed by atoms with E-state index in [9.17, 15) is 31.5 Å². The number of nitrogens with two attached hydrogens (primary N) is 1. The molecule has 3 heterocycles. The van der Waals surface area contributed by atoms with Crippen molar-refractivity contribution in [1.82, 2.24) is 34.7 Å². The number of rotatable bonds is 9. The minimum atomic E-state index is -4.43. The molecule has 2 atom stereocenters. The minimum absolute atomic E-state index is 0.0726. The third-order valence-corrected chi connectivity index (χ3v) is 7.33. The molecule has 3 N–H and O–H groups in total. The van der Waals surface area contributed by atoms with Crippen LogP contribution in [0.3, 0.4) is 0 Å². The van der Waals surface area contributed by atoms with E-state index in [4.69, 9.17) is 5.73 Å². The van der Waals surface area contributed by atoms with Crippen LogP contribution in [0, 0.1) is 11.8 Å². The van der Waals surface area contributed by atoms with Crippen molar-refractivity contribution in [2.75, 3.05) is 0 Å². The number of imidazole rings is 1. The Morgan fingerprint density at radius 3 is 2.49 bits per heavy atom. The fourth-order valence-electron chi connectivity index (χ4n) is 5.20. The van der Waals surface area contributed by atoms with Crippen LogP contribution < -0.4 is 11.1 Å². The molecule has 5 rings (SSSR count). The van der Waals surface area contributed by atoms with Gasteiger partial charge in [0, 0.05) is 19.3 Å². The van der Waals surface area contributed by atoms with Crippen molar-refractivity contribution in [2.45, 2.75) is 75.5 Å². The van der Waals surface area contributed by atoms with E-state index in [0.717, 1.165) is 12.8 Å². The smallest absolute Gasteiger partial charge is 0.363 e. The molecular formula is C24H27F5N8O2. The maximum atomic E-state index is 13.9. The normalized spacial score (nSPS) is 19.6. The van der Waals surface area contributed by atoms with Crippen molar-refractivity contribution in [2.24, 2.45) is 17.6 Å². The van der Waals surface area contributed by atoms with Crippen LogP contribution in [0.15, 0.2) is 24.8 Å². The first-order chi connectivity index (χ1) is 18.4. The summed E-state index contributed by atoms with van der Waals surface area (Å²) in [4.78, 5) is 32.8. The van der Waals surface area contributed by atoms with Crippen LogP contribution in [0.2, 0.25) is 0 Å². The molecule has 3 aromatic heterocycles. The first-order valence-corrected chi connectivity index (χ1v) is 12.7. The summed E-state index contributed by atoms with van der Waals surface area (Å²) in [5.41, 5.74) is 6.87. The Hall–Kier alpha value is -3.65. The number of amides is 2. The predicted octanol–water partition coefficient (Wildman–Crippen LogP) is 3.74.